The Bertz CT molecular complexity index is 1290. The van der Waals surface area contributed by atoms with Gasteiger partial charge in [-0.05, 0) is 79.2 Å². The number of aryl methyl sites for hydroxylation is 3. The highest BCUT2D eigenvalue weighted by atomic mass is 16.5. The fourth-order valence-electron chi connectivity index (χ4n) is 5.13. The van der Waals surface area contributed by atoms with E-state index >= 15 is 0 Å². The predicted octanol–water partition coefficient (Wildman–Crippen LogP) is 6.97. The number of aliphatic hydroxyl groups excluding tert-OH is 2. The lowest BCUT2D eigenvalue weighted by Crippen LogP contribution is -2.22. The van der Waals surface area contributed by atoms with Gasteiger partial charge in [-0.2, -0.15) is 0 Å². The van der Waals surface area contributed by atoms with E-state index in [0.29, 0.717) is 12.8 Å². The molecule has 3 rings (SSSR count). The van der Waals surface area contributed by atoms with Crippen LogP contribution in [0.2, 0.25) is 0 Å². The van der Waals surface area contributed by atoms with Crippen LogP contribution >= 0.6 is 0 Å². The number of carbonyl (C=O) groups excluding carboxylic acids is 2. The number of allylic oxidation sites excluding steroid dienone is 2. The van der Waals surface area contributed by atoms with Gasteiger partial charge in [0.25, 0.3) is 0 Å². The first-order valence-corrected chi connectivity index (χ1v) is 15.8. The summed E-state index contributed by atoms with van der Waals surface area (Å²) < 4.78 is 10.4. The van der Waals surface area contributed by atoms with Gasteiger partial charge in [-0.25, -0.2) is 9.59 Å². The number of fused-ring (bicyclic) bond motifs is 1. The molecule has 236 valence electrons. The lowest BCUT2D eigenvalue weighted by atomic mass is 9.88. The average molecular weight is 601 g/mol. The van der Waals surface area contributed by atoms with Crippen molar-refractivity contribution in [2.45, 2.75) is 71.1 Å². The van der Waals surface area contributed by atoms with Gasteiger partial charge in [0.05, 0.1) is 37.6 Å². The van der Waals surface area contributed by atoms with E-state index in [1.165, 1.54) is 54.4 Å². The summed E-state index contributed by atoms with van der Waals surface area (Å²) in [6.07, 6.45) is 17.3. The van der Waals surface area contributed by atoms with Gasteiger partial charge in [0.2, 0.25) is 0 Å². The number of benzene rings is 2. The molecule has 0 aromatic heterocycles. The molecule has 0 aliphatic heterocycles. The van der Waals surface area contributed by atoms with Crippen LogP contribution in [-0.2, 0) is 38.3 Å². The van der Waals surface area contributed by atoms with Crippen LogP contribution in [0.1, 0.15) is 79.7 Å². The Balaban J connectivity index is 1.47. The van der Waals surface area contributed by atoms with E-state index in [9.17, 15) is 9.59 Å². The molecule has 2 aromatic rings. The van der Waals surface area contributed by atoms with Gasteiger partial charge >= 0.3 is 11.9 Å². The van der Waals surface area contributed by atoms with Gasteiger partial charge in [0.15, 0.2) is 0 Å². The highest BCUT2D eigenvalue weighted by molar-refractivity contribution is 5.88. The van der Waals surface area contributed by atoms with E-state index in [1.807, 2.05) is 12.2 Å². The SMILES string of the molecule is C=C(CO)C(=O)OCC(CC/C=C/c1ccc(CCc2ccc3c(c2)CCC(CCCCC)=C3)cc1)COC(=O)C(=C)CO. The van der Waals surface area contributed by atoms with Crippen molar-refractivity contribution in [3.05, 3.63) is 106 Å². The molecule has 0 heterocycles. The molecule has 2 N–H and O–H groups in total. The summed E-state index contributed by atoms with van der Waals surface area (Å²) in [7, 11) is 0. The van der Waals surface area contributed by atoms with E-state index in [1.54, 1.807) is 5.57 Å². The van der Waals surface area contributed by atoms with Crippen molar-refractivity contribution in [1.29, 1.82) is 0 Å². The minimum Gasteiger partial charge on any atom is -0.462 e. The van der Waals surface area contributed by atoms with Crippen LogP contribution in [-0.4, -0.2) is 48.6 Å². The Morgan fingerprint density at radius 3 is 2.14 bits per heavy atom. The zero-order valence-electron chi connectivity index (χ0n) is 26.2. The number of unbranched alkanes of at least 4 members (excludes halogenated alkanes) is 2. The van der Waals surface area contributed by atoms with Crippen LogP contribution in [0.3, 0.4) is 0 Å². The molecule has 6 nitrogen and oxygen atoms in total. The third kappa shape index (κ3) is 11.7. The Hall–Kier alpha value is -3.74. The van der Waals surface area contributed by atoms with Crippen molar-refractivity contribution in [2.75, 3.05) is 26.4 Å². The molecule has 0 radical (unpaired) electrons. The monoisotopic (exact) mass is 600 g/mol. The van der Waals surface area contributed by atoms with Crippen molar-refractivity contribution < 1.29 is 29.3 Å². The highest BCUT2D eigenvalue weighted by Gasteiger charge is 2.17. The molecule has 1 aliphatic carbocycles. The van der Waals surface area contributed by atoms with Crippen LogP contribution < -0.4 is 0 Å². The first kappa shape index (κ1) is 34.7. The van der Waals surface area contributed by atoms with Gasteiger partial charge in [0, 0.05) is 5.92 Å². The molecule has 0 atom stereocenters. The Morgan fingerprint density at radius 2 is 1.50 bits per heavy atom. The molecule has 44 heavy (non-hydrogen) atoms. The molecule has 0 amide bonds. The summed E-state index contributed by atoms with van der Waals surface area (Å²) in [6.45, 7) is 8.25. The molecule has 0 spiro atoms. The number of ether oxygens (including phenoxy) is 2. The predicted molar refractivity (Wildman–Crippen MR) is 177 cm³/mol. The zero-order valence-corrected chi connectivity index (χ0v) is 26.2. The van der Waals surface area contributed by atoms with Crippen LogP contribution in [0.25, 0.3) is 12.2 Å². The molecule has 1 aliphatic rings. The summed E-state index contributed by atoms with van der Waals surface area (Å²) in [4.78, 5) is 23.8. The average Bonchev–Trinajstić information content (AvgIpc) is 3.05. The first-order valence-electron chi connectivity index (χ1n) is 15.8. The fraction of sp³-hybridized carbons (Fsp3) is 0.421. The molecule has 0 unspecified atom stereocenters. The quantitative estimate of drug-likeness (QED) is 0.103. The van der Waals surface area contributed by atoms with Crippen molar-refractivity contribution in [3.63, 3.8) is 0 Å². The molecule has 0 saturated carbocycles. The molecular formula is C38H48O6. The molecule has 0 saturated heterocycles. The summed E-state index contributed by atoms with van der Waals surface area (Å²) >= 11 is 0. The van der Waals surface area contributed by atoms with Crippen molar-refractivity contribution in [3.8, 4) is 0 Å². The van der Waals surface area contributed by atoms with Crippen LogP contribution in [0.4, 0.5) is 0 Å². The van der Waals surface area contributed by atoms with Gasteiger partial charge in [-0.3, -0.25) is 0 Å². The third-order valence-electron chi connectivity index (χ3n) is 7.98. The summed E-state index contributed by atoms with van der Waals surface area (Å²) in [5.41, 5.74) is 8.19. The van der Waals surface area contributed by atoms with E-state index in [4.69, 9.17) is 19.7 Å². The second-order valence-corrected chi connectivity index (χ2v) is 11.6. The largest absolute Gasteiger partial charge is 0.462 e. The molecule has 6 heteroatoms. The summed E-state index contributed by atoms with van der Waals surface area (Å²) in [5, 5.41) is 18.1. The second kappa shape index (κ2) is 18.8. The maximum absolute atomic E-state index is 11.9. The standard InChI is InChI=1S/C38H48O6/c1-4-5-6-10-32-18-20-36-23-33(19-21-35(36)22-32)17-16-31-14-12-30(13-15-31)9-7-8-11-34(26-43-37(41)28(2)24-39)27-44-38(42)29(3)25-40/h7,9,12-15,19,21-23,34,39-40H,2-6,8,10-11,16-18,20,24-27H2,1H3/b9-7+. The second-order valence-electron chi connectivity index (χ2n) is 11.6. The van der Waals surface area contributed by atoms with Gasteiger partial charge in [0.1, 0.15) is 0 Å². The number of esters is 2. The van der Waals surface area contributed by atoms with Crippen molar-refractivity contribution in [1.82, 2.24) is 0 Å². The topological polar surface area (TPSA) is 93.1 Å². The third-order valence-corrected chi connectivity index (χ3v) is 7.98. The van der Waals surface area contributed by atoms with Gasteiger partial charge in [-0.15, -0.1) is 0 Å². The smallest absolute Gasteiger partial charge is 0.335 e. The summed E-state index contributed by atoms with van der Waals surface area (Å²) in [5.74, 6) is -1.63. The molecular weight excluding hydrogens is 552 g/mol. The van der Waals surface area contributed by atoms with Crippen LogP contribution in [0.5, 0.6) is 0 Å². The van der Waals surface area contributed by atoms with Crippen molar-refractivity contribution in [2.24, 2.45) is 5.92 Å². The summed E-state index contributed by atoms with van der Waals surface area (Å²) in [6, 6.07) is 15.6. The lowest BCUT2D eigenvalue weighted by molar-refractivity contribution is -0.144. The first-order chi connectivity index (χ1) is 21.3. The minimum atomic E-state index is -0.685. The van der Waals surface area contributed by atoms with E-state index in [0.717, 1.165) is 24.8 Å². The zero-order chi connectivity index (χ0) is 31.7. The molecule has 0 bridgehead atoms. The van der Waals surface area contributed by atoms with Crippen molar-refractivity contribution >= 4 is 24.1 Å². The van der Waals surface area contributed by atoms with Gasteiger partial charge < -0.3 is 19.7 Å². The van der Waals surface area contributed by atoms with E-state index in [-0.39, 0.29) is 30.3 Å². The Morgan fingerprint density at radius 1 is 0.864 bits per heavy atom. The minimum absolute atomic E-state index is 0.0142. The number of carbonyl (C=O) groups is 2. The number of hydrogen-bond donors (Lipinski definition) is 2. The Kier molecular flexibility index (Phi) is 14.9. The normalized spacial score (nSPS) is 12.6. The molecule has 0 fully saturated rings. The van der Waals surface area contributed by atoms with E-state index < -0.39 is 25.2 Å². The number of rotatable bonds is 19. The maximum Gasteiger partial charge on any atom is 0.335 e. The number of hydrogen-bond acceptors (Lipinski definition) is 6. The number of aliphatic hydroxyl groups is 2. The van der Waals surface area contributed by atoms with Crippen LogP contribution in [0, 0.1) is 5.92 Å². The van der Waals surface area contributed by atoms with Crippen LogP contribution in [0.15, 0.2) is 78.4 Å². The highest BCUT2D eigenvalue weighted by Crippen LogP contribution is 2.28. The maximum atomic E-state index is 11.9. The van der Waals surface area contributed by atoms with Gasteiger partial charge in [-0.1, -0.05) is 99.2 Å². The Labute approximate surface area is 262 Å². The molecule has 2 aromatic carbocycles. The fourth-order valence-corrected chi connectivity index (χ4v) is 5.13. The van der Waals surface area contributed by atoms with E-state index in [2.05, 4.69) is 68.6 Å². The lowest BCUT2D eigenvalue weighted by Gasteiger charge is -2.17.